The van der Waals surface area contributed by atoms with Crippen molar-refractivity contribution in [2.45, 2.75) is 12.3 Å². The smallest absolute Gasteiger partial charge is 0.255 e. The highest BCUT2D eigenvalue weighted by Crippen LogP contribution is 2.22. The number of methoxy groups -OCH3 is 1. The maximum absolute atomic E-state index is 12.0. The summed E-state index contributed by atoms with van der Waals surface area (Å²) in [7, 11) is 1.47. The first-order valence-corrected chi connectivity index (χ1v) is 6.80. The van der Waals surface area contributed by atoms with Crippen LogP contribution in [0.3, 0.4) is 0 Å². The van der Waals surface area contributed by atoms with Crippen molar-refractivity contribution in [3.8, 4) is 5.75 Å². The van der Waals surface area contributed by atoms with Gasteiger partial charge in [0.1, 0.15) is 11.1 Å². The van der Waals surface area contributed by atoms with E-state index in [2.05, 4.69) is 10.6 Å². The van der Waals surface area contributed by atoms with E-state index in [1.807, 2.05) is 0 Å². The molecule has 2 N–H and O–H groups in total. The van der Waals surface area contributed by atoms with Crippen molar-refractivity contribution in [1.29, 1.82) is 0 Å². The summed E-state index contributed by atoms with van der Waals surface area (Å²) in [5.74, 6) is -0.163. The number of amides is 2. The number of benzene rings is 1. The molecule has 110 valence electrons. The maximum Gasteiger partial charge on any atom is 0.255 e. The van der Waals surface area contributed by atoms with E-state index < -0.39 is 5.38 Å². The fourth-order valence-electron chi connectivity index (χ4n) is 1.46. The summed E-state index contributed by atoms with van der Waals surface area (Å²) in [6.07, 6.45) is 0. The molecule has 0 radical (unpaired) electrons. The largest absolute Gasteiger partial charge is 0.496 e. The molecular formula is C13H16Cl2N2O3. The second kappa shape index (κ2) is 7.97. The maximum atomic E-state index is 12.0. The van der Waals surface area contributed by atoms with Crippen LogP contribution in [-0.4, -0.2) is 37.4 Å². The van der Waals surface area contributed by atoms with Crippen LogP contribution in [0, 0.1) is 0 Å². The summed E-state index contributed by atoms with van der Waals surface area (Å²) in [5, 5.41) is 5.09. The Kier molecular flexibility index (Phi) is 6.61. The second-order valence-corrected chi connectivity index (χ2v) is 5.10. The number of halogens is 2. The molecule has 20 heavy (non-hydrogen) atoms. The van der Waals surface area contributed by atoms with Gasteiger partial charge in [0.15, 0.2) is 0 Å². The molecule has 0 fully saturated rings. The molecule has 0 saturated heterocycles. The predicted octanol–water partition coefficient (Wildman–Crippen LogP) is 1.82. The van der Waals surface area contributed by atoms with Gasteiger partial charge >= 0.3 is 0 Å². The lowest BCUT2D eigenvalue weighted by Crippen LogP contribution is -2.37. The molecule has 0 heterocycles. The van der Waals surface area contributed by atoms with Crippen LogP contribution >= 0.6 is 23.2 Å². The fourth-order valence-corrected chi connectivity index (χ4v) is 1.70. The number of carbonyl (C=O) groups excluding carboxylic acids is 2. The van der Waals surface area contributed by atoms with Crippen LogP contribution in [0.4, 0.5) is 0 Å². The number of carbonyl (C=O) groups is 2. The Labute approximate surface area is 127 Å². The monoisotopic (exact) mass is 318 g/mol. The third-order valence-corrected chi connectivity index (χ3v) is 2.91. The molecule has 0 aliphatic rings. The Morgan fingerprint density at radius 1 is 1.30 bits per heavy atom. The lowest BCUT2D eigenvalue weighted by molar-refractivity contribution is -0.120. The summed E-state index contributed by atoms with van der Waals surface area (Å²) in [4.78, 5) is 23.2. The minimum atomic E-state index is -0.598. The van der Waals surface area contributed by atoms with E-state index in [4.69, 9.17) is 27.9 Å². The summed E-state index contributed by atoms with van der Waals surface area (Å²) in [6, 6.07) is 4.78. The molecule has 1 unspecified atom stereocenters. The first-order valence-electron chi connectivity index (χ1n) is 5.99. The van der Waals surface area contributed by atoms with E-state index in [9.17, 15) is 9.59 Å². The lowest BCUT2D eigenvalue weighted by atomic mass is 10.2. The van der Waals surface area contributed by atoms with Crippen LogP contribution < -0.4 is 15.4 Å². The van der Waals surface area contributed by atoms with E-state index in [1.165, 1.54) is 13.2 Å². The molecule has 1 atom stereocenters. The molecule has 0 aromatic heterocycles. The van der Waals surface area contributed by atoms with Gasteiger partial charge in [-0.2, -0.15) is 0 Å². The van der Waals surface area contributed by atoms with Crippen molar-refractivity contribution in [2.75, 3.05) is 20.2 Å². The van der Waals surface area contributed by atoms with E-state index in [-0.39, 0.29) is 18.4 Å². The average molecular weight is 319 g/mol. The number of nitrogens with one attached hydrogen (secondary N) is 2. The Bertz CT molecular complexity index is 493. The Morgan fingerprint density at radius 3 is 2.55 bits per heavy atom. The zero-order valence-corrected chi connectivity index (χ0v) is 12.7. The number of hydrogen-bond acceptors (Lipinski definition) is 3. The summed E-state index contributed by atoms with van der Waals surface area (Å²) < 4.78 is 5.09. The fraction of sp³-hybridized carbons (Fsp3) is 0.385. The normalized spacial score (nSPS) is 11.6. The van der Waals surface area contributed by atoms with Crippen molar-refractivity contribution < 1.29 is 14.3 Å². The van der Waals surface area contributed by atoms with Crippen molar-refractivity contribution >= 4 is 35.0 Å². The number of alkyl halides is 1. The predicted molar refractivity (Wildman–Crippen MR) is 78.7 cm³/mol. The van der Waals surface area contributed by atoms with Gasteiger partial charge in [-0.3, -0.25) is 9.59 Å². The van der Waals surface area contributed by atoms with Crippen molar-refractivity contribution in [3.63, 3.8) is 0 Å². The second-order valence-electron chi connectivity index (χ2n) is 4.01. The van der Waals surface area contributed by atoms with Gasteiger partial charge in [-0.05, 0) is 25.1 Å². The van der Waals surface area contributed by atoms with Crippen molar-refractivity contribution in [3.05, 3.63) is 28.8 Å². The van der Waals surface area contributed by atoms with Crippen molar-refractivity contribution in [2.24, 2.45) is 0 Å². The summed E-state index contributed by atoms with van der Waals surface area (Å²) in [6.45, 7) is 2.15. The molecule has 5 nitrogen and oxygen atoms in total. The first-order chi connectivity index (χ1) is 9.45. The first kappa shape index (κ1) is 16.6. The van der Waals surface area contributed by atoms with E-state index >= 15 is 0 Å². The SMILES string of the molecule is COc1ccc(Cl)cc1C(=O)NCCNC(=O)C(C)Cl. The summed E-state index contributed by atoms with van der Waals surface area (Å²) in [5.41, 5.74) is 0.344. The topological polar surface area (TPSA) is 67.4 Å². The van der Waals surface area contributed by atoms with Gasteiger partial charge < -0.3 is 15.4 Å². The molecule has 0 aliphatic carbocycles. The molecule has 2 amide bonds. The van der Waals surface area contributed by atoms with E-state index in [0.717, 1.165) is 0 Å². The zero-order chi connectivity index (χ0) is 15.1. The molecule has 0 spiro atoms. The standard InChI is InChI=1S/C13H16Cl2N2O3/c1-8(14)12(18)16-5-6-17-13(19)10-7-9(15)3-4-11(10)20-2/h3-4,7-8H,5-6H2,1-2H3,(H,16,18)(H,17,19). The highest BCUT2D eigenvalue weighted by atomic mass is 35.5. The van der Waals surface area contributed by atoms with Crippen LogP contribution in [0.25, 0.3) is 0 Å². The third-order valence-electron chi connectivity index (χ3n) is 2.48. The number of ether oxygens (including phenoxy) is 1. The zero-order valence-electron chi connectivity index (χ0n) is 11.2. The minimum Gasteiger partial charge on any atom is -0.496 e. The highest BCUT2D eigenvalue weighted by molar-refractivity contribution is 6.31. The number of hydrogen-bond donors (Lipinski definition) is 2. The average Bonchev–Trinajstić information content (AvgIpc) is 2.42. The van der Waals surface area contributed by atoms with Crippen molar-refractivity contribution in [1.82, 2.24) is 10.6 Å². The molecule has 0 bridgehead atoms. The third kappa shape index (κ3) is 4.90. The van der Waals surface area contributed by atoms with E-state index in [0.29, 0.717) is 22.9 Å². The molecule has 1 aromatic carbocycles. The van der Waals surface area contributed by atoms with Crippen LogP contribution in [0.2, 0.25) is 5.02 Å². The quantitative estimate of drug-likeness (QED) is 0.621. The van der Waals surface area contributed by atoms with Gasteiger partial charge in [-0.25, -0.2) is 0 Å². The van der Waals surface area contributed by atoms with Gasteiger partial charge in [0, 0.05) is 18.1 Å². The van der Waals surface area contributed by atoms with Crippen LogP contribution in [0.5, 0.6) is 5.75 Å². The molecule has 1 aromatic rings. The molecule has 1 rings (SSSR count). The van der Waals surface area contributed by atoms with Crippen LogP contribution in [0.15, 0.2) is 18.2 Å². The lowest BCUT2D eigenvalue weighted by Gasteiger charge is -2.10. The Morgan fingerprint density at radius 2 is 1.95 bits per heavy atom. The minimum absolute atomic E-state index is 0.277. The molecule has 0 saturated carbocycles. The van der Waals surface area contributed by atoms with Crippen LogP contribution in [-0.2, 0) is 4.79 Å². The molecule has 7 heteroatoms. The van der Waals surface area contributed by atoms with Gasteiger partial charge in [0.2, 0.25) is 5.91 Å². The van der Waals surface area contributed by atoms with Crippen LogP contribution in [0.1, 0.15) is 17.3 Å². The molecule has 0 aliphatic heterocycles. The Balaban J connectivity index is 2.51. The highest BCUT2D eigenvalue weighted by Gasteiger charge is 2.13. The van der Waals surface area contributed by atoms with Gasteiger partial charge in [0.05, 0.1) is 12.7 Å². The number of rotatable bonds is 6. The van der Waals surface area contributed by atoms with Gasteiger partial charge in [-0.15, -0.1) is 11.6 Å². The van der Waals surface area contributed by atoms with Gasteiger partial charge in [-0.1, -0.05) is 11.6 Å². The molecular weight excluding hydrogens is 303 g/mol. The van der Waals surface area contributed by atoms with Gasteiger partial charge in [0.25, 0.3) is 5.91 Å². The Hall–Kier alpha value is -1.46. The summed E-state index contributed by atoms with van der Waals surface area (Å²) >= 11 is 11.4. The van der Waals surface area contributed by atoms with E-state index in [1.54, 1.807) is 19.1 Å².